The zero-order chi connectivity index (χ0) is 27.6. The van der Waals surface area contributed by atoms with Gasteiger partial charge in [-0.3, -0.25) is 18.8 Å². The van der Waals surface area contributed by atoms with Crippen LogP contribution in [0.1, 0.15) is 51.9 Å². The molecule has 4 rings (SSSR count). The summed E-state index contributed by atoms with van der Waals surface area (Å²) >= 11 is 6.55. The van der Waals surface area contributed by atoms with Crippen LogP contribution in [0, 0.1) is 12.7 Å². The molecule has 200 valence electrons. The lowest BCUT2D eigenvalue weighted by Crippen LogP contribution is -2.29. The number of aromatic hydroxyl groups is 1. The standard InChI is InChI=1S/C25H26ClFN6O5/c1-13(23-31-21(22(34)25(36)32(23)3)24(35)30-16-10-29-38-12-16)20(17-9-15(27)5-6-19(17)26)18-11-28-33(14(18)2)7-8-37-4/h5-6,9-13,20,34H,7-8H2,1-4H3,(H,30,35)/t13-,20-/m1/s1. The average molecular weight is 545 g/mol. The zero-order valence-electron chi connectivity index (χ0n) is 21.1. The zero-order valence-corrected chi connectivity index (χ0v) is 21.9. The van der Waals surface area contributed by atoms with Gasteiger partial charge in [0.25, 0.3) is 11.5 Å². The summed E-state index contributed by atoms with van der Waals surface area (Å²) in [5.74, 6) is -3.23. The number of halogens is 2. The maximum absolute atomic E-state index is 14.4. The van der Waals surface area contributed by atoms with Crippen LogP contribution in [-0.2, 0) is 18.3 Å². The van der Waals surface area contributed by atoms with Crippen LogP contribution in [0.4, 0.5) is 10.1 Å². The maximum Gasteiger partial charge on any atom is 0.296 e. The summed E-state index contributed by atoms with van der Waals surface area (Å²) in [7, 11) is 3.02. The molecule has 1 aromatic carbocycles. The topological polar surface area (TPSA) is 137 Å². The predicted octanol–water partition coefficient (Wildman–Crippen LogP) is 3.61. The van der Waals surface area contributed by atoms with Gasteiger partial charge in [-0.25, -0.2) is 9.37 Å². The molecule has 0 radical (unpaired) electrons. The number of hydrogen-bond acceptors (Lipinski definition) is 8. The summed E-state index contributed by atoms with van der Waals surface area (Å²) in [6.07, 6.45) is 4.10. The summed E-state index contributed by atoms with van der Waals surface area (Å²) in [5, 5.41) is 21.2. The summed E-state index contributed by atoms with van der Waals surface area (Å²) < 4.78 is 27.2. The second kappa shape index (κ2) is 11.2. The number of amides is 1. The Balaban J connectivity index is 1.86. The molecule has 1 amide bonds. The van der Waals surface area contributed by atoms with Gasteiger partial charge >= 0.3 is 0 Å². The van der Waals surface area contributed by atoms with Crippen LogP contribution in [0.3, 0.4) is 0 Å². The number of hydrogen-bond donors (Lipinski definition) is 2. The molecule has 38 heavy (non-hydrogen) atoms. The highest BCUT2D eigenvalue weighted by Gasteiger charge is 2.32. The fraction of sp³-hybridized carbons (Fsp3) is 0.320. The number of rotatable bonds is 9. The quantitative estimate of drug-likeness (QED) is 0.326. The molecular weight excluding hydrogens is 519 g/mol. The lowest BCUT2D eigenvalue weighted by molar-refractivity contribution is 0.101. The second-order valence-corrected chi connectivity index (χ2v) is 9.14. The third-order valence-electron chi connectivity index (χ3n) is 6.39. The number of anilines is 1. The van der Waals surface area contributed by atoms with Gasteiger partial charge in [0.15, 0.2) is 5.69 Å². The van der Waals surface area contributed by atoms with Crippen molar-refractivity contribution >= 4 is 23.2 Å². The van der Waals surface area contributed by atoms with Crippen LogP contribution in [0.2, 0.25) is 5.02 Å². The largest absolute Gasteiger partial charge is 0.501 e. The fourth-order valence-electron chi connectivity index (χ4n) is 4.41. The van der Waals surface area contributed by atoms with Crippen molar-refractivity contribution < 1.29 is 23.6 Å². The van der Waals surface area contributed by atoms with E-state index in [4.69, 9.17) is 20.9 Å². The molecule has 0 saturated heterocycles. The molecule has 0 bridgehead atoms. The minimum atomic E-state index is -0.833. The molecule has 0 aliphatic carbocycles. The first-order valence-corrected chi connectivity index (χ1v) is 12.0. The van der Waals surface area contributed by atoms with Crippen LogP contribution in [0.25, 0.3) is 0 Å². The lowest BCUT2D eigenvalue weighted by atomic mass is 9.81. The molecular formula is C25H26ClFN6O5. The molecule has 3 aromatic heterocycles. The molecule has 2 atom stereocenters. The SMILES string of the molecule is COCCn1ncc([C@@H](c2cc(F)ccc2Cl)[C@@H](C)c2nc(C(=O)Nc3cnoc3)c(O)c(=O)n2C)c1C. The second-order valence-electron chi connectivity index (χ2n) is 8.73. The number of carbonyl (C=O) groups excluding carboxylic acids is 1. The van der Waals surface area contributed by atoms with Crippen LogP contribution in [-0.4, -0.2) is 49.2 Å². The Morgan fingerprint density at radius 1 is 1.32 bits per heavy atom. The van der Waals surface area contributed by atoms with E-state index in [0.717, 1.165) is 15.8 Å². The van der Waals surface area contributed by atoms with Crippen molar-refractivity contribution in [3.8, 4) is 5.75 Å². The normalized spacial score (nSPS) is 12.9. The van der Waals surface area contributed by atoms with E-state index in [1.165, 1.54) is 37.7 Å². The van der Waals surface area contributed by atoms with Crippen LogP contribution in [0.5, 0.6) is 5.75 Å². The summed E-state index contributed by atoms with van der Waals surface area (Å²) in [6, 6.07) is 4.04. The highest BCUT2D eigenvalue weighted by Crippen LogP contribution is 2.42. The Labute approximate surface area is 221 Å². The average Bonchev–Trinajstić information content (AvgIpc) is 3.53. The molecule has 3 heterocycles. The molecule has 4 aromatic rings. The van der Waals surface area contributed by atoms with Crippen molar-refractivity contribution in [2.24, 2.45) is 7.05 Å². The van der Waals surface area contributed by atoms with E-state index in [2.05, 4.69) is 20.6 Å². The van der Waals surface area contributed by atoms with E-state index in [9.17, 15) is 19.1 Å². The van der Waals surface area contributed by atoms with E-state index >= 15 is 0 Å². The minimum Gasteiger partial charge on any atom is -0.501 e. The van der Waals surface area contributed by atoms with Gasteiger partial charge in [0, 0.05) is 42.3 Å². The van der Waals surface area contributed by atoms with Gasteiger partial charge in [0.1, 0.15) is 23.6 Å². The minimum absolute atomic E-state index is 0.164. The highest BCUT2D eigenvalue weighted by molar-refractivity contribution is 6.31. The Bertz CT molecular complexity index is 1520. The smallest absolute Gasteiger partial charge is 0.296 e. The highest BCUT2D eigenvalue weighted by atomic mass is 35.5. The third-order valence-corrected chi connectivity index (χ3v) is 6.73. The third kappa shape index (κ3) is 5.18. The van der Waals surface area contributed by atoms with E-state index in [1.807, 2.05) is 6.92 Å². The number of carbonyl (C=O) groups is 1. The first-order valence-electron chi connectivity index (χ1n) is 11.6. The van der Waals surface area contributed by atoms with E-state index in [1.54, 1.807) is 24.9 Å². The van der Waals surface area contributed by atoms with Crippen LogP contribution < -0.4 is 10.9 Å². The van der Waals surface area contributed by atoms with Crippen molar-refractivity contribution in [2.75, 3.05) is 19.0 Å². The van der Waals surface area contributed by atoms with Crippen molar-refractivity contribution in [2.45, 2.75) is 32.2 Å². The van der Waals surface area contributed by atoms with E-state index in [-0.39, 0.29) is 11.5 Å². The lowest BCUT2D eigenvalue weighted by Gasteiger charge is -2.27. The number of aromatic nitrogens is 5. The monoisotopic (exact) mass is 544 g/mol. The van der Waals surface area contributed by atoms with Crippen LogP contribution in [0.15, 0.2) is 46.2 Å². The van der Waals surface area contributed by atoms with Gasteiger partial charge in [-0.2, -0.15) is 5.10 Å². The number of benzene rings is 1. The molecule has 0 spiro atoms. The Hall–Kier alpha value is -4.03. The molecule has 2 N–H and O–H groups in total. The number of nitrogens with one attached hydrogen (secondary N) is 1. The van der Waals surface area contributed by atoms with Crippen molar-refractivity contribution in [3.05, 3.63) is 86.4 Å². The summed E-state index contributed by atoms with van der Waals surface area (Å²) in [4.78, 5) is 30.3. The number of methoxy groups -OCH3 is 1. The fourth-order valence-corrected chi connectivity index (χ4v) is 4.64. The van der Waals surface area contributed by atoms with Gasteiger partial charge < -0.3 is 19.7 Å². The van der Waals surface area contributed by atoms with Crippen molar-refractivity contribution in [1.82, 2.24) is 24.5 Å². The summed E-state index contributed by atoms with van der Waals surface area (Å²) in [5.41, 5.74) is 0.871. The molecule has 0 fully saturated rings. The number of nitrogens with zero attached hydrogens (tertiary/aromatic N) is 5. The van der Waals surface area contributed by atoms with Gasteiger partial charge in [0.05, 0.1) is 25.5 Å². The van der Waals surface area contributed by atoms with Gasteiger partial charge in [-0.15, -0.1) is 0 Å². The van der Waals surface area contributed by atoms with E-state index in [0.29, 0.717) is 23.7 Å². The van der Waals surface area contributed by atoms with Crippen molar-refractivity contribution in [1.29, 1.82) is 0 Å². The predicted molar refractivity (Wildman–Crippen MR) is 136 cm³/mol. The van der Waals surface area contributed by atoms with Gasteiger partial charge in [0.2, 0.25) is 5.75 Å². The molecule has 0 aliphatic heterocycles. The maximum atomic E-state index is 14.4. The van der Waals surface area contributed by atoms with Crippen LogP contribution >= 0.6 is 11.6 Å². The van der Waals surface area contributed by atoms with Crippen molar-refractivity contribution in [3.63, 3.8) is 0 Å². The Morgan fingerprint density at radius 2 is 2.08 bits per heavy atom. The number of ether oxygens (including phenoxy) is 1. The molecule has 0 saturated carbocycles. The Morgan fingerprint density at radius 3 is 2.76 bits per heavy atom. The molecule has 11 nitrogen and oxygen atoms in total. The van der Waals surface area contributed by atoms with Gasteiger partial charge in [-0.05, 0) is 30.7 Å². The first kappa shape index (κ1) is 27.0. The summed E-state index contributed by atoms with van der Waals surface area (Å²) in [6.45, 7) is 4.56. The first-order chi connectivity index (χ1) is 18.1. The molecule has 13 heteroatoms. The Kier molecular flexibility index (Phi) is 7.93. The molecule has 0 unspecified atom stereocenters. The molecule has 0 aliphatic rings. The van der Waals surface area contributed by atoms with E-state index < -0.39 is 40.6 Å². The van der Waals surface area contributed by atoms with Gasteiger partial charge in [-0.1, -0.05) is 23.7 Å².